The lowest BCUT2D eigenvalue weighted by atomic mass is 9.84. The van der Waals surface area contributed by atoms with Crippen molar-refractivity contribution in [2.24, 2.45) is 10.8 Å². The third kappa shape index (κ3) is 12.8. The number of pyridine rings is 1. The van der Waals surface area contributed by atoms with Gasteiger partial charge in [0.25, 0.3) is 0 Å². The number of aliphatic hydroxyl groups is 1. The second-order valence-electron chi connectivity index (χ2n) is 18.0. The third-order valence-corrected chi connectivity index (χ3v) is 10.9. The Morgan fingerprint density at radius 1 is 0.726 bits per heavy atom. The Bertz CT molecular complexity index is 2120. The molecule has 0 saturated carbocycles. The lowest BCUT2D eigenvalue weighted by Gasteiger charge is -2.38. The van der Waals surface area contributed by atoms with Crippen molar-refractivity contribution in [3.63, 3.8) is 0 Å². The van der Waals surface area contributed by atoms with Gasteiger partial charge < -0.3 is 36.0 Å². The van der Waals surface area contributed by atoms with E-state index in [1.807, 2.05) is 93.6 Å². The molecule has 12 nitrogen and oxygen atoms in total. The van der Waals surface area contributed by atoms with E-state index in [1.54, 1.807) is 27.0 Å². The first kappa shape index (κ1) is 47.1. The first-order chi connectivity index (χ1) is 29.1. The summed E-state index contributed by atoms with van der Waals surface area (Å²) >= 11 is 0. The highest BCUT2D eigenvalue weighted by Crippen LogP contribution is 2.31. The fourth-order valence-electron chi connectivity index (χ4n) is 7.78. The van der Waals surface area contributed by atoms with E-state index in [0.717, 1.165) is 34.5 Å². The van der Waals surface area contributed by atoms with Crippen molar-refractivity contribution in [2.75, 3.05) is 13.1 Å². The Balaban J connectivity index is 1.40. The zero-order chi connectivity index (χ0) is 45.4. The van der Waals surface area contributed by atoms with Gasteiger partial charge in [-0.15, -0.1) is 0 Å². The summed E-state index contributed by atoms with van der Waals surface area (Å²) in [5.41, 5.74) is 1.42. The van der Waals surface area contributed by atoms with Crippen molar-refractivity contribution in [1.82, 2.24) is 30.7 Å². The van der Waals surface area contributed by atoms with Gasteiger partial charge in [0, 0.05) is 37.4 Å². The lowest BCUT2D eigenvalue weighted by Crippen LogP contribution is -2.59. The van der Waals surface area contributed by atoms with Gasteiger partial charge in [-0.3, -0.25) is 14.6 Å². The number of hydrogen-bond acceptors (Lipinski definition) is 6. The molecule has 2 heterocycles. The molecule has 1 aromatic heterocycles. The summed E-state index contributed by atoms with van der Waals surface area (Å²) in [4.78, 5) is 61.5. The van der Waals surface area contributed by atoms with Crippen LogP contribution in [0.2, 0.25) is 0 Å². The summed E-state index contributed by atoms with van der Waals surface area (Å²) in [5, 5.41) is 30.1. The predicted molar refractivity (Wildman–Crippen MR) is 230 cm³/mol. The predicted octanol–water partition coefficient (Wildman–Crippen LogP) is 7.31. The molecule has 1 aliphatic rings. The van der Waals surface area contributed by atoms with Crippen molar-refractivity contribution in [3.05, 3.63) is 126 Å². The first-order valence-electron chi connectivity index (χ1n) is 20.6. The van der Waals surface area contributed by atoms with E-state index in [1.165, 1.54) is 21.9 Å². The van der Waals surface area contributed by atoms with Gasteiger partial charge in [-0.05, 0) is 71.0 Å². The molecular weight excluding hydrogens is 802 g/mol. The van der Waals surface area contributed by atoms with Crippen LogP contribution in [0.15, 0.2) is 103 Å². The Morgan fingerprint density at radius 3 is 1.90 bits per heavy atom. The largest absolute Gasteiger partial charge is 0.465 e. The second kappa shape index (κ2) is 19.8. The summed E-state index contributed by atoms with van der Waals surface area (Å²) in [6, 6.07) is 22.9. The number of carbonyl (C=O) groups excluding carboxylic acids is 3. The highest BCUT2D eigenvalue weighted by Gasteiger charge is 2.44. The second-order valence-corrected chi connectivity index (χ2v) is 18.0. The number of amides is 5. The molecule has 5 amide bonds. The van der Waals surface area contributed by atoms with Crippen molar-refractivity contribution >= 4 is 23.9 Å². The van der Waals surface area contributed by atoms with Crippen molar-refractivity contribution in [2.45, 2.75) is 104 Å². The van der Waals surface area contributed by atoms with Crippen molar-refractivity contribution in [1.29, 1.82) is 0 Å². The van der Waals surface area contributed by atoms with Gasteiger partial charge >= 0.3 is 18.3 Å². The molecule has 5 N–H and O–H groups in total. The molecule has 5 atom stereocenters. The molecule has 332 valence electrons. The van der Waals surface area contributed by atoms with Crippen LogP contribution in [0.1, 0.15) is 70.2 Å². The summed E-state index contributed by atoms with van der Waals surface area (Å²) in [5.74, 6) is -1.08. The van der Waals surface area contributed by atoms with Crippen LogP contribution >= 0.6 is 0 Å². The lowest BCUT2D eigenvalue weighted by molar-refractivity contribution is -0.137. The van der Waals surface area contributed by atoms with Gasteiger partial charge in [0.15, 0.2) is 0 Å². The van der Waals surface area contributed by atoms with Gasteiger partial charge in [0.2, 0.25) is 11.8 Å². The molecule has 3 aromatic carbocycles. The van der Waals surface area contributed by atoms with Gasteiger partial charge in [0.1, 0.15) is 12.1 Å². The number of carboxylic acid groups (broad SMARTS) is 1. The fraction of sp³-hybridized carbons (Fsp3) is 0.426. The number of hydrogen-bond donors (Lipinski definition) is 5. The minimum absolute atomic E-state index is 0.0425. The van der Waals surface area contributed by atoms with Crippen LogP contribution in [-0.4, -0.2) is 92.3 Å². The highest BCUT2D eigenvalue weighted by atomic mass is 19.4. The van der Waals surface area contributed by atoms with Gasteiger partial charge in [-0.1, -0.05) is 114 Å². The van der Waals surface area contributed by atoms with Crippen LogP contribution < -0.4 is 16.0 Å². The molecule has 1 fully saturated rings. The molecule has 5 rings (SSSR count). The number of aromatic nitrogens is 1. The number of benzene rings is 3. The van der Waals surface area contributed by atoms with Crippen LogP contribution in [0, 0.1) is 10.8 Å². The van der Waals surface area contributed by atoms with E-state index in [2.05, 4.69) is 20.9 Å². The summed E-state index contributed by atoms with van der Waals surface area (Å²) in [6.07, 6.45) is -4.99. The first-order valence-corrected chi connectivity index (χ1v) is 20.6. The van der Waals surface area contributed by atoms with E-state index in [-0.39, 0.29) is 38.9 Å². The quantitative estimate of drug-likeness (QED) is 0.0789. The standard InChI is InChI=1S/C47H57F3N6O6/c1-45(2,3)39(54-43(60)61)41(58)52-35(26-31-15-19-33(20-16-31)36-14-10-11-23-51-36)28-38(57)37(27-30-12-8-7-9-13-30)53-42(59)40(46(4,5)6)56-25-24-55(44(56)62)29-32-17-21-34(22-18-32)47(48,49)50/h7-23,35,37-40,54,57H,24-29H2,1-6H3,(H,52,58)(H,53,59)(H,60,61)/t35-,37-,38-,39+,40+/m0/s1. The van der Waals surface area contributed by atoms with Crippen LogP contribution in [0.3, 0.4) is 0 Å². The fourth-order valence-corrected chi connectivity index (χ4v) is 7.78. The number of aliphatic hydroxyl groups excluding tert-OH is 1. The minimum Gasteiger partial charge on any atom is -0.465 e. The zero-order valence-corrected chi connectivity index (χ0v) is 35.9. The molecule has 0 unspecified atom stereocenters. The van der Waals surface area contributed by atoms with E-state index in [4.69, 9.17) is 0 Å². The average molecular weight is 859 g/mol. The minimum atomic E-state index is -4.49. The zero-order valence-electron chi connectivity index (χ0n) is 35.9. The van der Waals surface area contributed by atoms with E-state index < -0.39 is 76.8 Å². The smallest absolute Gasteiger partial charge is 0.416 e. The number of urea groups is 1. The Morgan fingerprint density at radius 2 is 1.34 bits per heavy atom. The molecule has 0 radical (unpaired) electrons. The molecule has 4 aromatic rings. The summed E-state index contributed by atoms with van der Waals surface area (Å²) in [7, 11) is 0. The maximum absolute atomic E-state index is 14.5. The molecular formula is C47H57F3N6O6. The highest BCUT2D eigenvalue weighted by molar-refractivity contribution is 5.89. The maximum atomic E-state index is 14.5. The van der Waals surface area contributed by atoms with Gasteiger partial charge in [-0.25, -0.2) is 9.59 Å². The molecule has 0 spiro atoms. The number of alkyl halides is 3. The molecule has 0 bridgehead atoms. The van der Waals surface area contributed by atoms with Crippen LogP contribution in [0.4, 0.5) is 22.8 Å². The number of carbonyl (C=O) groups is 4. The van der Waals surface area contributed by atoms with Crippen LogP contribution in [0.5, 0.6) is 0 Å². The third-order valence-electron chi connectivity index (χ3n) is 10.9. The van der Waals surface area contributed by atoms with E-state index in [9.17, 15) is 42.6 Å². The molecule has 62 heavy (non-hydrogen) atoms. The average Bonchev–Trinajstić information content (AvgIpc) is 3.54. The van der Waals surface area contributed by atoms with Crippen molar-refractivity contribution < 1.29 is 42.6 Å². The molecule has 15 heteroatoms. The number of nitrogens with zero attached hydrogens (tertiary/aromatic N) is 3. The number of rotatable bonds is 16. The summed E-state index contributed by atoms with van der Waals surface area (Å²) in [6.45, 7) is 11.2. The topological polar surface area (TPSA) is 164 Å². The van der Waals surface area contributed by atoms with E-state index >= 15 is 0 Å². The van der Waals surface area contributed by atoms with Crippen LogP contribution in [0.25, 0.3) is 11.3 Å². The Labute approximate surface area is 360 Å². The van der Waals surface area contributed by atoms with Gasteiger partial charge in [-0.2, -0.15) is 13.2 Å². The van der Waals surface area contributed by atoms with Crippen LogP contribution in [-0.2, 0) is 35.2 Å². The number of nitrogens with one attached hydrogen (secondary N) is 3. The SMILES string of the molecule is CC(C)(C)[C@H](NC(=O)O)C(=O)N[C@@H](Cc1ccc(-c2ccccn2)cc1)C[C@H](O)[C@H](Cc1ccccc1)NC(=O)[C@@H](N1CCN(Cc2ccc(C(F)(F)F)cc2)C1=O)C(C)(C)C. The maximum Gasteiger partial charge on any atom is 0.416 e. The number of halogens is 3. The normalized spacial score (nSPS) is 15.9. The summed E-state index contributed by atoms with van der Waals surface area (Å²) < 4.78 is 39.5. The Kier molecular flexibility index (Phi) is 15.1. The van der Waals surface area contributed by atoms with Gasteiger partial charge in [0.05, 0.1) is 23.4 Å². The molecule has 0 aliphatic carbocycles. The monoisotopic (exact) mass is 858 g/mol. The Hall–Kier alpha value is -5.96. The van der Waals surface area contributed by atoms with E-state index in [0.29, 0.717) is 5.56 Å². The van der Waals surface area contributed by atoms with Crippen molar-refractivity contribution in [3.8, 4) is 11.3 Å². The molecule has 1 saturated heterocycles. The molecule has 1 aliphatic heterocycles.